The summed E-state index contributed by atoms with van der Waals surface area (Å²) in [5, 5.41) is 19.8. The molecule has 19 heavy (non-hydrogen) atoms. The molecule has 3 amide bonds. The number of nitrogens with zero attached hydrogens (tertiary/aromatic N) is 2. The summed E-state index contributed by atoms with van der Waals surface area (Å²) in [6.45, 7) is 1.83. The Morgan fingerprint density at radius 1 is 1.47 bits per heavy atom. The first kappa shape index (κ1) is 16.7. The van der Waals surface area contributed by atoms with Gasteiger partial charge in [-0.05, 0) is 13.3 Å². The molecule has 106 valence electrons. The minimum absolute atomic E-state index is 0.0714. The normalized spacial score (nSPS) is 12.9. The Hall–Kier alpha value is -2.30. The number of hydrogen-bond donors (Lipinski definition) is 3. The zero-order chi connectivity index (χ0) is 15.0. The Bertz CT molecular complexity index is 391. The summed E-state index contributed by atoms with van der Waals surface area (Å²) in [5.41, 5.74) is 4.92. The fraction of sp³-hybridized carbons (Fsp3) is 0.636. The van der Waals surface area contributed by atoms with Gasteiger partial charge in [-0.2, -0.15) is 5.26 Å². The van der Waals surface area contributed by atoms with Crippen molar-refractivity contribution in [1.82, 2.24) is 10.2 Å². The number of carbonyl (C=O) groups excluding carboxylic acids is 2. The maximum Gasteiger partial charge on any atom is 0.326 e. The summed E-state index contributed by atoms with van der Waals surface area (Å²) in [5.74, 6) is -2.23. The van der Waals surface area contributed by atoms with Gasteiger partial charge in [-0.1, -0.05) is 0 Å². The lowest BCUT2D eigenvalue weighted by atomic mass is 10.1. The number of carboxylic acids is 1. The number of nitrogens with one attached hydrogen (secondary N) is 1. The van der Waals surface area contributed by atoms with Crippen molar-refractivity contribution in [3.8, 4) is 6.07 Å². The molecule has 0 aliphatic rings. The predicted octanol–water partition coefficient (Wildman–Crippen LogP) is -0.494. The van der Waals surface area contributed by atoms with Crippen molar-refractivity contribution >= 4 is 17.9 Å². The van der Waals surface area contributed by atoms with E-state index in [9.17, 15) is 14.4 Å². The molecule has 0 spiro atoms. The first-order chi connectivity index (χ1) is 8.77. The molecule has 4 N–H and O–H groups in total. The quantitative estimate of drug-likeness (QED) is 0.573. The second-order valence-corrected chi connectivity index (χ2v) is 4.26. The summed E-state index contributed by atoms with van der Waals surface area (Å²) in [7, 11) is 1.45. The van der Waals surface area contributed by atoms with Gasteiger partial charge in [0, 0.05) is 20.0 Å². The lowest BCUT2D eigenvalue weighted by molar-refractivity contribution is -0.139. The van der Waals surface area contributed by atoms with Gasteiger partial charge >= 0.3 is 12.0 Å². The van der Waals surface area contributed by atoms with Crippen molar-refractivity contribution < 1.29 is 19.5 Å². The van der Waals surface area contributed by atoms with Crippen molar-refractivity contribution in [2.75, 3.05) is 13.6 Å². The molecule has 0 aliphatic heterocycles. The number of hydrogen-bond acceptors (Lipinski definition) is 4. The number of nitrogens with two attached hydrogens (primary N) is 1. The average molecular weight is 270 g/mol. The fourth-order valence-corrected chi connectivity index (χ4v) is 1.34. The molecule has 0 aliphatic carbocycles. The molecule has 0 radical (unpaired) electrons. The third-order valence-corrected chi connectivity index (χ3v) is 2.39. The van der Waals surface area contributed by atoms with Crippen LogP contribution in [0.5, 0.6) is 0 Å². The van der Waals surface area contributed by atoms with Crippen LogP contribution in [0.4, 0.5) is 4.79 Å². The van der Waals surface area contributed by atoms with E-state index in [0.717, 1.165) is 0 Å². The second-order valence-electron chi connectivity index (χ2n) is 4.26. The molecule has 0 aromatic heterocycles. The highest BCUT2D eigenvalue weighted by molar-refractivity contribution is 5.83. The highest BCUT2D eigenvalue weighted by atomic mass is 16.4. The number of carbonyl (C=O) groups is 3. The lowest BCUT2D eigenvalue weighted by Crippen LogP contribution is -2.47. The van der Waals surface area contributed by atoms with Crippen molar-refractivity contribution in [3.05, 3.63) is 0 Å². The van der Waals surface area contributed by atoms with Crippen LogP contribution < -0.4 is 11.1 Å². The number of carboxylic acid groups (broad SMARTS) is 1. The molecule has 0 saturated heterocycles. The van der Waals surface area contributed by atoms with E-state index in [0.29, 0.717) is 0 Å². The molecule has 0 fully saturated rings. The van der Waals surface area contributed by atoms with E-state index in [-0.39, 0.29) is 25.3 Å². The monoisotopic (exact) mass is 270 g/mol. The van der Waals surface area contributed by atoms with Crippen molar-refractivity contribution in [1.29, 1.82) is 5.26 Å². The molecule has 0 aromatic rings. The molecule has 8 nitrogen and oxygen atoms in total. The third-order valence-electron chi connectivity index (χ3n) is 2.39. The smallest absolute Gasteiger partial charge is 0.326 e. The lowest BCUT2D eigenvalue weighted by Gasteiger charge is -2.21. The number of primary amides is 1. The predicted molar refractivity (Wildman–Crippen MR) is 65.8 cm³/mol. The van der Waals surface area contributed by atoms with Gasteiger partial charge in [-0.25, -0.2) is 9.59 Å². The number of nitriles is 1. The van der Waals surface area contributed by atoms with Crippen LogP contribution in [-0.4, -0.2) is 47.5 Å². The Morgan fingerprint density at radius 3 is 2.47 bits per heavy atom. The van der Waals surface area contributed by atoms with Gasteiger partial charge in [0.15, 0.2) is 0 Å². The highest BCUT2D eigenvalue weighted by Gasteiger charge is 2.22. The van der Waals surface area contributed by atoms with Gasteiger partial charge in [0.2, 0.25) is 5.91 Å². The van der Waals surface area contributed by atoms with Crippen LogP contribution >= 0.6 is 0 Å². The fourth-order valence-electron chi connectivity index (χ4n) is 1.34. The van der Waals surface area contributed by atoms with E-state index in [1.54, 1.807) is 6.92 Å². The zero-order valence-corrected chi connectivity index (χ0v) is 10.9. The number of amides is 3. The van der Waals surface area contributed by atoms with Crippen LogP contribution in [0.25, 0.3) is 0 Å². The van der Waals surface area contributed by atoms with Crippen LogP contribution in [0.1, 0.15) is 19.8 Å². The maximum absolute atomic E-state index is 11.7. The third kappa shape index (κ3) is 6.88. The second kappa shape index (κ2) is 7.92. The summed E-state index contributed by atoms with van der Waals surface area (Å²) < 4.78 is 0. The minimum atomic E-state index is -1.24. The van der Waals surface area contributed by atoms with E-state index in [1.165, 1.54) is 11.9 Å². The molecule has 0 bridgehead atoms. The average Bonchev–Trinajstić information content (AvgIpc) is 2.32. The van der Waals surface area contributed by atoms with Gasteiger partial charge in [0.25, 0.3) is 0 Å². The maximum atomic E-state index is 11.7. The van der Waals surface area contributed by atoms with Gasteiger partial charge in [0.1, 0.15) is 6.04 Å². The Morgan fingerprint density at radius 2 is 2.05 bits per heavy atom. The summed E-state index contributed by atoms with van der Waals surface area (Å²) in [6.07, 6.45) is -0.201. The molecule has 0 aromatic carbocycles. The van der Waals surface area contributed by atoms with Gasteiger partial charge in [0.05, 0.1) is 12.0 Å². The van der Waals surface area contributed by atoms with E-state index >= 15 is 0 Å². The summed E-state index contributed by atoms with van der Waals surface area (Å²) in [6, 6.07) is 0.175. The number of aliphatic carboxylic acids is 1. The van der Waals surface area contributed by atoms with Crippen LogP contribution in [0.2, 0.25) is 0 Å². The Labute approximate surface area is 111 Å². The molecule has 8 heteroatoms. The van der Waals surface area contributed by atoms with Crippen LogP contribution in [-0.2, 0) is 9.59 Å². The molecular weight excluding hydrogens is 252 g/mol. The van der Waals surface area contributed by atoms with E-state index < -0.39 is 23.9 Å². The van der Waals surface area contributed by atoms with Gasteiger partial charge in [-0.3, -0.25) is 4.79 Å². The van der Waals surface area contributed by atoms with Crippen molar-refractivity contribution in [3.63, 3.8) is 0 Å². The van der Waals surface area contributed by atoms with Crippen LogP contribution in [0.3, 0.4) is 0 Å². The van der Waals surface area contributed by atoms with Crippen molar-refractivity contribution in [2.45, 2.75) is 25.8 Å². The molecular formula is C11H18N4O4. The minimum Gasteiger partial charge on any atom is -0.480 e. The highest BCUT2D eigenvalue weighted by Crippen LogP contribution is 2.01. The first-order valence-electron chi connectivity index (χ1n) is 5.70. The Balaban J connectivity index is 4.42. The van der Waals surface area contributed by atoms with Gasteiger partial charge in [-0.15, -0.1) is 0 Å². The molecule has 0 rings (SSSR count). The number of rotatable bonds is 7. The molecule has 0 saturated carbocycles. The standard InChI is InChI=1S/C11H18N4O4/c1-7(5-12)6-15(2)11(19)14-8(10(17)18)3-4-9(13)16/h7-8H,3-4,6H2,1-2H3,(H2,13,16)(H,14,19)(H,17,18). The van der Waals surface area contributed by atoms with Crippen molar-refractivity contribution in [2.24, 2.45) is 11.7 Å². The first-order valence-corrected chi connectivity index (χ1v) is 5.70. The van der Waals surface area contributed by atoms with E-state index in [4.69, 9.17) is 16.1 Å². The molecule has 2 atom stereocenters. The number of urea groups is 1. The summed E-state index contributed by atoms with van der Waals surface area (Å²) in [4.78, 5) is 34.4. The SMILES string of the molecule is CC(C#N)CN(C)C(=O)NC(CCC(N)=O)C(=O)O. The van der Waals surface area contributed by atoms with Crippen LogP contribution in [0.15, 0.2) is 0 Å². The van der Waals surface area contributed by atoms with Crippen LogP contribution in [0, 0.1) is 17.2 Å². The largest absolute Gasteiger partial charge is 0.480 e. The van der Waals surface area contributed by atoms with E-state index in [1.807, 2.05) is 6.07 Å². The Kier molecular flexibility index (Phi) is 6.96. The summed E-state index contributed by atoms with van der Waals surface area (Å²) >= 11 is 0. The van der Waals surface area contributed by atoms with Gasteiger partial charge < -0.3 is 21.1 Å². The molecule has 0 heterocycles. The molecule has 2 unspecified atom stereocenters. The van der Waals surface area contributed by atoms with E-state index in [2.05, 4.69) is 5.32 Å². The zero-order valence-electron chi connectivity index (χ0n) is 10.9. The topological polar surface area (TPSA) is 137 Å².